The van der Waals surface area contributed by atoms with E-state index in [9.17, 15) is 13.2 Å². The van der Waals surface area contributed by atoms with E-state index in [-0.39, 0.29) is 23.1 Å². The van der Waals surface area contributed by atoms with Crippen LogP contribution in [-0.4, -0.2) is 34.5 Å². The van der Waals surface area contributed by atoms with Crippen LogP contribution in [0.5, 0.6) is 5.75 Å². The van der Waals surface area contributed by atoms with Gasteiger partial charge in [0.05, 0.1) is 12.8 Å². The Balaban J connectivity index is 1.84. The van der Waals surface area contributed by atoms with Gasteiger partial charge in [0.1, 0.15) is 17.2 Å². The van der Waals surface area contributed by atoms with Crippen LogP contribution >= 0.6 is 0 Å². The predicted octanol–water partition coefficient (Wildman–Crippen LogP) is 3.56. The summed E-state index contributed by atoms with van der Waals surface area (Å²) in [5.41, 5.74) is 2.28. The van der Waals surface area contributed by atoms with E-state index in [4.69, 9.17) is 4.74 Å². The van der Waals surface area contributed by atoms with Gasteiger partial charge in [-0.05, 0) is 48.7 Å². The molecule has 0 heterocycles. The lowest BCUT2D eigenvalue weighted by Gasteiger charge is -2.25. The third-order valence-corrected chi connectivity index (χ3v) is 6.59. The molecule has 0 spiro atoms. The number of aryl methyl sites for hydroxylation is 1. The normalized spacial score (nSPS) is 11.0. The van der Waals surface area contributed by atoms with Gasteiger partial charge < -0.3 is 10.1 Å². The second-order valence-corrected chi connectivity index (χ2v) is 8.92. The Bertz CT molecular complexity index is 1120. The number of anilines is 1. The van der Waals surface area contributed by atoms with Crippen LogP contribution < -0.4 is 14.4 Å². The lowest BCUT2D eigenvalue weighted by Crippen LogP contribution is -2.41. The predicted molar refractivity (Wildman–Crippen MR) is 122 cm³/mol. The van der Waals surface area contributed by atoms with Crippen molar-refractivity contribution in [3.8, 4) is 5.75 Å². The van der Waals surface area contributed by atoms with Crippen molar-refractivity contribution >= 4 is 21.6 Å². The minimum Gasteiger partial charge on any atom is -0.495 e. The van der Waals surface area contributed by atoms with Crippen LogP contribution in [0.4, 0.5) is 5.69 Å². The molecule has 31 heavy (non-hydrogen) atoms. The topological polar surface area (TPSA) is 75.7 Å². The maximum absolute atomic E-state index is 13.6. The molecule has 3 aromatic carbocycles. The van der Waals surface area contributed by atoms with Gasteiger partial charge in [-0.25, -0.2) is 8.42 Å². The number of benzene rings is 3. The minimum atomic E-state index is -4.04. The van der Waals surface area contributed by atoms with Gasteiger partial charge in [-0.1, -0.05) is 54.6 Å². The van der Waals surface area contributed by atoms with E-state index in [0.29, 0.717) is 18.7 Å². The summed E-state index contributed by atoms with van der Waals surface area (Å²) in [6.07, 6.45) is 0.663. The molecule has 3 aromatic rings. The number of sulfonamides is 1. The van der Waals surface area contributed by atoms with Crippen molar-refractivity contribution in [1.82, 2.24) is 5.32 Å². The molecule has 0 saturated heterocycles. The molecule has 0 atom stereocenters. The van der Waals surface area contributed by atoms with E-state index >= 15 is 0 Å². The zero-order valence-corrected chi connectivity index (χ0v) is 18.4. The van der Waals surface area contributed by atoms with Gasteiger partial charge in [0, 0.05) is 6.54 Å². The molecule has 0 saturated carbocycles. The molecule has 0 radical (unpaired) electrons. The standard InChI is InChI=1S/C24H26N2O4S/c1-19-13-14-22(30-2)23(17-19)31(28,29)26(21-11-7-4-8-12-21)18-24(27)25-16-15-20-9-5-3-6-10-20/h3-14,17H,15-16,18H2,1-2H3,(H,25,27). The number of carbonyl (C=O) groups is 1. The molecular formula is C24H26N2O4S. The second kappa shape index (κ2) is 10.1. The summed E-state index contributed by atoms with van der Waals surface area (Å²) in [5.74, 6) is -0.147. The first-order chi connectivity index (χ1) is 14.9. The van der Waals surface area contributed by atoms with Gasteiger partial charge in [-0.2, -0.15) is 0 Å². The maximum atomic E-state index is 13.6. The van der Waals surface area contributed by atoms with Gasteiger partial charge in [0.2, 0.25) is 5.91 Å². The number of hydrogen-bond acceptors (Lipinski definition) is 4. The molecule has 0 unspecified atom stereocenters. The van der Waals surface area contributed by atoms with Gasteiger partial charge in [-0.3, -0.25) is 9.10 Å². The molecular weight excluding hydrogens is 412 g/mol. The number of nitrogens with zero attached hydrogens (tertiary/aromatic N) is 1. The Morgan fingerprint density at radius 2 is 1.61 bits per heavy atom. The first-order valence-electron chi connectivity index (χ1n) is 9.95. The van der Waals surface area contributed by atoms with Crippen LogP contribution in [0.1, 0.15) is 11.1 Å². The number of nitrogens with one attached hydrogen (secondary N) is 1. The van der Waals surface area contributed by atoms with Crippen LogP contribution in [0, 0.1) is 6.92 Å². The van der Waals surface area contributed by atoms with Crippen LogP contribution in [-0.2, 0) is 21.2 Å². The average Bonchev–Trinajstić information content (AvgIpc) is 2.78. The summed E-state index contributed by atoms with van der Waals surface area (Å²) in [6.45, 7) is 1.89. The van der Waals surface area contributed by atoms with E-state index < -0.39 is 10.0 Å². The fourth-order valence-corrected chi connectivity index (χ4v) is 4.86. The number of carbonyl (C=O) groups excluding carboxylic acids is 1. The third-order valence-electron chi connectivity index (χ3n) is 4.80. The highest BCUT2D eigenvalue weighted by molar-refractivity contribution is 7.93. The number of para-hydroxylation sites is 1. The molecule has 3 rings (SSSR count). The van der Waals surface area contributed by atoms with Gasteiger partial charge >= 0.3 is 0 Å². The smallest absolute Gasteiger partial charge is 0.268 e. The Kier molecular flexibility index (Phi) is 7.31. The summed E-state index contributed by atoms with van der Waals surface area (Å²) in [5, 5.41) is 2.82. The highest BCUT2D eigenvalue weighted by Crippen LogP contribution is 2.30. The van der Waals surface area contributed by atoms with Crippen LogP contribution in [0.15, 0.2) is 83.8 Å². The number of hydrogen-bond donors (Lipinski definition) is 1. The molecule has 0 aliphatic heterocycles. The van der Waals surface area contributed by atoms with Crippen LogP contribution in [0.2, 0.25) is 0 Å². The van der Waals surface area contributed by atoms with Crippen LogP contribution in [0.3, 0.4) is 0 Å². The van der Waals surface area contributed by atoms with E-state index in [1.807, 2.05) is 37.3 Å². The van der Waals surface area contributed by atoms with Crippen molar-refractivity contribution in [1.29, 1.82) is 0 Å². The molecule has 6 nitrogen and oxygen atoms in total. The SMILES string of the molecule is COc1ccc(C)cc1S(=O)(=O)N(CC(=O)NCCc1ccccc1)c1ccccc1. The molecule has 7 heteroatoms. The van der Waals surface area contributed by atoms with E-state index in [1.165, 1.54) is 7.11 Å². The molecule has 0 bridgehead atoms. The van der Waals surface area contributed by atoms with E-state index in [2.05, 4.69) is 5.32 Å². The van der Waals surface area contributed by atoms with E-state index in [0.717, 1.165) is 15.4 Å². The van der Waals surface area contributed by atoms with Crippen molar-refractivity contribution in [2.45, 2.75) is 18.2 Å². The zero-order chi connectivity index (χ0) is 22.3. The van der Waals surface area contributed by atoms with E-state index in [1.54, 1.807) is 48.5 Å². The lowest BCUT2D eigenvalue weighted by atomic mass is 10.1. The molecule has 0 aliphatic carbocycles. The number of methoxy groups -OCH3 is 1. The minimum absolute atomic E-state index is 0.0240. The molecule has 0 aromatic heterocycles. The molecule has 0 fully saturated rings. The summed E-state index contributed by atoms with van der Waals surface area (Å²) < 4.78 is 33.5. The quantitative estimate of drug-likeness (QED) is 0.554. The Morgan fingerprint density at radius 3 is 2.26 bits per heavy atom. The first-order valence-corrected chi connectivity index (χ1v) is 11.4. The first kappa shape index (κ1) is 22.4. The molecule has 1 amide bonds. The Morgan fingerprint density at radius 1 is 0.968 bits per heavy atom. The largest absolute Gasteiger partial charge is 0.495 e. The van der Waals surface area contributed by atoms with Crippen molar-refractivity contribution < 1.29 is 17.9 Å². The summed E-state index contributed by atoms with van der Waals surface area (Å²) >= 11 is 0. The maximum Gasteiger partial charge on any atom is 0.268 e. The van der Waals surface area contributed by atoms with Gasteiger partial charge in [0.15, 0.2) is 0 Å². The number of amides is 1. The second-order valence-electron chi connectivity index (χ2n) is 7.09. The zero-order valence-electron chi connectivity index (χ0n) is 17.6. The molecule has 1 N–H and O–H groups in total. The lowest BCUT2D eigenvalue weighted by molar-refractivity contribution is -0.119. The summed E-state index contributed by atoms with van der Waals surface area (Å²) in [4.78, 5) is 12.7. The third kappa shape index (κ3) is 5.64. The number of ether oxygens (including phenoxy) is 1. The Labute approximate surface area is 183 Å². The molecule has 0 aliphatic rings. The van der Waals surface area contributed by atoms with Crippen LogP contribution in [0.25, 0.3) is 0 Å². The van der Waals surface area contributed by atoms with Gasteiger partial charge in [-0.15, -0.1) is 0 Å². The highest BCUT2D eigenvalue weighted by atomic mass is 32.2. The van der Waals surface area contributed by atoms with Gasteiger partial charge in [0.25, 0.3) is 10.0 Å². The van der Waals surface area contributed by atoms with Crippen molar-refractivity contribution in [2.75, 3.05) is 24.5 Å². The van der Waals surface area contributed by atoms with Crippen molar-refractivity contribution in [3.63, 3.8) is 0 Å². The monoisotopic (exact) mass is 438 g/mol. The van der Waals surface area contributed by atoms with Crippen molar-refractivity contribution in [3.05, 3.63) is 90.0 Å². The Hall–Kier alpha value is -3.32. The summed E-state index contributed by atoms with van der Waals surface area (Å²) in [6, 6.07) is 23.3. The fourth-order valence-electron chi connectivity index (χ4n) is 3.19. The van der Waals surface area contributed by atoms with Crippen molar-refractivity contribution in [2.24, 2.45) is 0 Å². The summed E-state index contributed by atoms with van der Waals surface area (Å²) in [7, 11) is -2.62. The number of rotatable bonds is 9. The highest BCUT2D eigenvalue weighted by Gasteiger charge is 2.30. The fraction of sp³-hybridized carbons (Fsp3) is 0.208. The average molecular weight is 439 g/mol. The molecule has 162 valence electrons.